The summed E-state index contributed by atoms with van der Waals surface area (Å²) in [4.78, 5) is 23.0. The molecule has 0 saturated heterocycles. The lowest BCUT2D eigenvalue weighted by Gasteiger charge is -2.18. The summed E-state index contributed by atoms with van der Waals surface area (Å²) in [5.74, 6) is -0.946. The van der Waals surface area contributed by atoms with Crippen molar-refractivity contribution in [3.8, 4) is 0 Å². The second-order valence-electron chi connectivity index (χ2n) is 5.66. The number of nitrogens with one attached hydrogen (secondary N) is 1. The van der Waals surface area contributed by atoms with E-state index in [4.69, 9.17) is 9.84 Å². The number of rotatable bonds is 9. The number of carbonyl (C=O) groups excluding carboxylic acids is 1. The lowest BCUT2D eigenvalue weighted by Crippen LogP contribution is -2.38. The summed E-state index contributed by atoms with van der Waals surface area (Å²) in [6, 6.07) is 9.63. The van der Waals surface area contributed by atoms with E-state index in [1.165, 1.54) is 0 Å². The van der Waals surface area contributed by atoms with Crippen molar-refractivity contribution in [2.45, 2.75) is 44.8 Å². The maximum atomic E-state index is 12.2. The van der Waals surface area contributed by atoms with Crippen LogP contribution in [0.1, 0.15) is 31.7 Å². The van der Waals surface area contributed by atoms with Crippen molar-refractivity contribution in [1.29, 1.82) is 0 Å². The van der Waals surface area contributed by atoms with Crippen LogP contribution in [0, 0.1) is 5.92 Å². The molecule has 0 aromatic heterocycles. The smallest absolute Gasteiger partial charge is 0.303 e. The van der Waals surface area contributed by atoms with Gasteiger partial charge in [-0.15, -0.1) is 0 Å². The number of hydrogen-bond donors (Lipinski definition) is 2. The van der Waals surface area contributed by atoms with Crippen LogP contribution in [0.25, 0.3) is 0 Å². The first-order valence-corrected chi connectivity index (χ1v) is 7.77. The van der Waals surface area contributed by atoms with Crippen molar-refractivity contribution in [3.63, 3.8) is 0 Å². The summed E-state index contributed by atoms with van der Waals surface area (Å²) < 4.78 is 5.43. The van der Waals surface area contributed by atoms with Crippen LogP contribution >= 0.6 is 0 Å². The molecular weight excluding hydrogens is 282 g/mol. The minimum Gasteiger partial charge on any atom is -0.481 e. The van der Waals surface area contributed by atoms with Crippen LogP contribution in [0.15, 0.2) is 30.3 Å². The molecule has 0 spiro atoms. The number of aliphatic carboxylic acids is 1. The Bertz CT molecular complexity index is 503. The SMILES string of the molecule is CCOC1CC1C(=O)NC(CCC(=O)O)Cc1ccccc1. The Kier molecular flexibility index (Phi) is 5.95. The summed E-state index contributed by atoms with van der Waals surface area (Å²) in [7, 11) is 0. The Morgan fingerprint density at radius 1 is 1.36 bits per heavy atom. The molecule has 1 fully saturated rings. The summed E-state index contributed by atoms with van der Waals surface area (Å²) in [5.41, 5.74) is 1.09. The van der Waals surface area contributed by atoms with Crippen LogP contribution < -0.4 is 5.32 Å². The fourth-order valence-corrected chi connectivity index (χ4v) is 2.58. The van der Waals surface area contributed by atoms with Gasteiger partial charge in [-0.2, -0.15) is 0 Å². The van der Waals surface area contributed by atoms with Gasteiger partial charge in [-0.3, -0.25) is 9.59 Å². The Balaban J connectivity index is 1.89. The average Bonchev–Trinajstić information content (AvgIpc) is 3.25. The Morgan fingerprint density at radius 3 is 2.73 bits per heavy atom. The number of amides is 1. The zero-order chi connectivity index (χ0) is 15.9. The van der Waals surface area contributed by atoms with Gasteiger partial charge in [0.25, 0.3) is 0 Å². The van der Waals surface area contributed by atoms with Gasteiger partial charge in [0.05, 0.1) is 12.0 Å². The van der Waals surface area contributed by atoms with Crippen molar-refractivity contribution in [2.75, 3.05) is 6.61 Å². The van der Waals surface area contributed by atoms with Gasteiger partial charge in [-0.1, -0.05) is 30.3 Å². The normalized spacial score (nSPS) is 21.1. The summed E-state index contributed by atoms with van der Waals surface area (Å²) in [6.07, 6.45) is 1.92. The van der Waals surface area contributed by atoms with Crippen LogP contribution in [0.5, 0.6) is 0 Å². The monoisotopic (exact) mass is 305 g/mol. The molecule has 2 rings (SSSR count). The minimum absolute atomic E-state index is 0.0234. The van der Waals surface area contributed by atoms with E-state index >= 15 is 0 Å². The highest BCUT2D eigenvalue weighted by atomic mass is 16.5. The second kappa shape index (κ2) is 7.94. The zero-order valence-electron chi connectivity index (χ0n) is 12.8. The molecule has 1 aromatic rings. The molecular formula is C17H23NO4. The van der Waals surface area contributed by atoms with E-state index in [1.54, 1.807) is 0 Å². The Hall–Kier alpha value is -1.88. The highest BCUT2D eigenvalue weighted by Crippen LogP contribution is 2.34. The third-order valence-corrected chi connectivity index (χ3v) is 3.83. The molecule has 5 nitrogen and oxygen atoms in total. The fraction of sp³-hybridized carbons (Fsp3) is 0.529. The number of carboxylic acids is 1. The van der Waals surface area contributed by atoms with E-state index in [1.807, 2.05) is 37.3 Å². The van der Waals surface area contributed by atoms with Gasteiger partial charge in [-0.05, 0) is 31.7 Å². The zero-order valence-corrected chi connectivity index (χ0v) is 12.8. The topological polar surface area (TPSA) is 75.6 Å². The molecule has 5 heteroatoms. The average molecular weight is 305 g/mol. The van der Waals surface area contributed by atoms with Gasteiger partial charge in [-0.25, -0.2) is 0 Å². The summed E-state index contributed by atoms with van der Waals surface area (Å²) >= 11 is 0. The van der Waals surface area contributed by atoms with Crippen molar-refractivity contribution < 1.29 is 19.4 Å². The molecule has 0 radical (unpaired) electrons. The molecule has 3 unspecified atom stereocenters. The second-order valence-corrected chi connectivity index (χ2v) is 5.66. The van der Waals surface area contributed by atoms with E-state index in [2.05, 4.69) is 5.32 Å². The van der Waals surface area contributed by atoms with Gasteiger partial charge < -0.3 is 15.2 Å². The maximum absolute atomic E-state index is 12.2. The first-order valence-electron chi connectivity index (χ1n) is 7.77. The molecule has 3 atom stereocenters. The maximum Gasteiger partial charge on any atom is 0.303 e. The Morgan fingerprint density at radius 2 is 2.09 bits per heavy atom. The molecule has 0 aliphatic heterocycles. The molecule has 1 aliphatic rings. The first-order chi connectivity index (χ1) is 10.6. The number of ether oxygens (including phenoxy) is 1. The number of hydrogen-bond acceptors (Lipinski definition) is 3. The minimum atomic E-state index is -0.842. The van der Waals surface area contributed by atoms with Crippen molar-refractivity contribution in [2.24, 2.45) is 5.92 Å². The molecule has 1 amide bonds. The van der Waals surface area contributed by atoms with Crippen LogP contribution in [-0.2, 0) is 20.7 Å². The van der Waals surface area contributed by atoms with Gasteiger partial charge in [0.15, 0.2) is 0 Å². The van der Waals surface area contributed by atoms with E-state index in [0.717, 1.165) is 12.0 Å². The van der Waals surface area contributed by atoms with E-state index < -0.39 is 5.97 Å². The first kappa shape index (κ1) is 16.5. The third-order valence-electron chi connectivity index (χ3n) is 3.83. The molecule has 22 heavy (non-hydrogen) atoms. The van der Waals surface area contributed by atoms with Crippen molar-refractivity contribution in [3.05, 3.63) is 35.9 Å². The predicted octanol–water partition coefficient (Wildman–Crippen LogP) is 2.00. The molecule has 0 bridgehead atoms. The van der Waals surface area contributed by atoms with Gasteiger partial charge in [0.2, 0.25) is 5.91 Å². The molecule has 1 aromatic carbocycles. The van der Waals surface area contributed by atoms with Gasteiger partial charge >= 0.3 is 5.97 Å². The van der Waals surface area contributed by atoms with Gasteiger partial charge in [0, 0.05) is 19.1 Å². The molecule has 2 N–H and O–H groups in total. The highest BCUT2D eigenvalue weighted by molar-refractivity contribution is 5.82. The quantitative estimate of drug-likeness (QED) is 0.732. The predicted molar refractivity (Wildman–Crippen MR) is 82.5 cm³/mol. The van der Waals surface area contributed by atoms with Crippen LogP contribution in [0.3, 0.4) is 0 Å². The largest absolute Gasteiger partial charge is 0.481 e. The standard InChI is InChI=1S/C17H23NO4/c1-2-22-15-11-14(15)17(21)18-13(8-9-16(19)20)10-12-6-4-3-5-7-12/h3-7,13-15H,2,8-11H2,1H3,(H,18,21)(H,19,20). The van der Waals surface area contributed by atoms with E-state index in [0.29, 0.717) is 19.4 Å². The Labute approximate surface area is 130 Å². The van der Waals surface area contributed by atoms with E-state index in [9.17, 15) is 9.59 Å². The third kappa shape index (κ3) is 5.15. The lowest BCUT2D eigenvalue weighted by molar-refractivity contribution is -0.137. The van der Waals surface area contributed by atoms with Crippen LogP contribution in [0.2, 0.25) is 0 Å². The number of carbonyl (C=O) groups is 2. The number of carboxylic acid groups (broad SMARTS) is 1. The lowest BCUT2D eigenvalue weighted by atomic mass is 10.0. The summed E-state index contributed by atoms with van der Waals surface area (Å²) in [6.45, 7) is 2.53. The molecule has 0 heterocycles. The van der Waals surface area contributed by atoms with Gasteiger partial charge in [0.1, 0.15) is 0 Å². The van der Waals surface area contributed by atoms with Crippen molar-refractivity contribution >= 4 is 11.9 Å². The summed E-state index contributed by atoms with van der Waals surface area (Å²) in [5, 5.41) is 11.9. The highest BCUT2D eigenvalue weighted by Gasteiger charge is 2.44. The van der Waals surface area contributed by atoms with E-state index in [-0.39, 0.29) is 30.4 Å². The molecule has 120 valence electrons. The fourth-order valence-electron chi connectivity index (χ4n) is 2.58. The van der Waals surface area contributed by atoms with Crippen molar-refractivity contribution in [1.82, 2.24) is 5.32 Å². The molecule has 1 saturated carbocycles. The van der Waals surface area contributed by atoms with Crippen LogP contribution in [0.4, 0.5) is 0 Å². The number of benzene rings is 1. The molecule has 1 aliphatic carbocycles. The van der Waals surface area contributed by atoms with Crippen LogP contribution in [-0.4, -0.2) is 35.7 Å².